The summed E-state index contributed by atoms with van der Waals surface area (Å²) in [7, 11) is 0. The van der Waals surface area contributed by atoms with Crippen molar-refractivity contribution in [3.63, 3.8) is 0 Å². The number of carboxylic acid groups (broad SMARTS) is 1. The summed E-state index contributed by atoms with van der Waals surface area (Å²) in [6, 6.07) is 5.08. The molecule has 2 atom stereocenters. The van der Waals surface area contributed by atoms with Gasteiger partial charge in [-0.25, -0.2) is 14.8 Å². The van der Waals surface area contributed by atoms with Crippen molar-refractivity contribution in [1.82, 2.24) is 25.1 Å². The van der Waals surface area contributed by atoms with Crippen LogP contribution in [0, 0.1) is 5.92 Å². The number of pyridine rings is 1. The number of carboxylic acids is 1. The minimum Gasteiger partial charge on any atom is -0.477 e. The largest absolute Gasteiger partial charge is 0.477 e. The molecule has 5 rings (SSSR count). The van der Waals surface area contributed by atoms with Crippen LogP contribution in [0.4, 0.5) is 5.82 Å². The third-order valence-corrected chi connectivity index (χ3v) is 5.79. The number of fused-ring (bicyclic) bond motifs is 1. The Kier molecular flexibility index (Phi) is 3.81. The molecule has 0 unspecified atom stereocenters. The number of nitrogens with zero attached hydrogens (tertiary/aromatic N) is 6. The summed E-state index contributed by atoms with van der Waals surface area (Å²) in [5.74, 6) is 1.06. The van der Waals surface area contributed by atoms with Gasteiger partial charge in [-0.1, -0.05) is 17.6 Å². The molecule has 0 spiro atoms. The Balaban J connectivity index is 1.47. The number of hydrogen-bond acceptors (Lipinski definition) is 8. The molecule has 1 N–H and O–H groups in total. The maximum Gasteiger partial charge on any atom is 0.354 e. The first-order valence-corrected chi connectivity index (χ1v) is 9.22. The molecular weight excluding hydrogens is 360 g/mol. The van der Waals surface area contributed by atoms with Crippen molar-refractivity contribution in [2.24, 2.45) is 5.92 Å². The molecule has 0 bridgehead atoms. The first-order chi connectivity index (χ1) is 13.7. The van der Waals surface area contributed by atoms with Crippen LogP contribution in [0.1, 0.15) is 35.6 Å². The SMILES string of the molecule is O=C(O)c1cccc(N2C[C@H]3CCC[C@@]3(c3nc(-c4cnccn4)no3)C2)n1. The highest BCUT2D eigenvalue weighted by molar-refractivity contribution is 5.85. The molecule has 1 aliphatic carbocycles. The zero-order valence-electron chi connectivity index (χ0n) is 15.0. The van der Waals surface area contributed by atoms with E-state index in [1.807, 2.05) is 6.07 Å². The van der Waals surface area contributed by atoms with Gasteiger partial charge in [-0.15, -0.1) is 0 Å². The Labute approximate surface area is 160 Å². The summed E-state index contributed by atoms with van der Waals surface area (Å²) in [5, 5.41) is 13.3. The van der Waals surface area contributed by atoms with Crippen molar-refractivity contribution in [2.75, 3.05) is 18.0 Å². The van der Waals surface area contributed by atoms with Crippen molar-refractivity contribution in [2.45, 2.75) is 24.7 Å². The molecule has 2 fully saturated rings. The van der Waals surface area contributed by atoms with E-state index in [0.29, 0.717) is 35.7 Å². The summed E-state index contributed by atoms with van der Waals surface area (Å²) < 4.78 is 5.68. The minimum atomic E-state index is -1.03. The van der Waals surface area contributed by atoms with Gasteiger partial charge in [0.2, 0.25) is 11.7 Å². The first-order valence-electron chi connectivity index (χ1n) is 9.22. The number of anilines is 1. The van der Waals surface area contributed by atoms with Crippen LogP contribution in [-0.2, 0) is 5.41 Å². The highest BCUT2D eigenvalue weighted by Gasteiger charge is 2.54. The average Bonchev–Trinajstić information content (AvgIpc) is 3.43. The van der Waals surface area contributed by atoms with E-state index >= 15 is 0 Å². The summed E-state index contributed by atoms with van der Waals surface area (Å²) >= 11 is 0. The van der Waals surface area contributed by atoms with Crippen LogP contribution >= 0.6 is 0 Å². The van der Waals surface area contributed by atoms with E-state index in [1.54, 1.807) is 24.7 Å². The van der Waals surface area contributed by atoms with Gasteiger partial charge in [-0.2, -0.15) is 4.98 Å². The van der Waals surface area contributed by atoms with Crippen LogP contribution in [0.2, 0.25) is 0 Å². The molecule has 9 heteroatoms. The number of carbonyl (C=O) groups is 1. The molecule has 9 nitrogen and oxygen atoms in total. The molecule has 142 valence electrons. The summed E-state index contributed by atoms with van der Waals surface area (Å²) in [5.41, 5.74) is 0.384. The standard InChI is InChI=1S/C19H18N6O3/c26-17(27)13-4-1-5-15(22-13)25-10-12-3-2-6-19(12,11-25)18-23-16(24-28-18)14-9-20-7-8-21-14/h1,4-5,7-9,12H,2-3,6,10-11H2,(H,26,27)/t12-,19-/m1/s1. The monoisotopic (exact) mass is 378 g/mol. The summed E-state index contributed by atoms with van der Waals surface area (Å²) in [6.07, 6.45) is 7.93. The van der Waals surface area contributed by atoms with Gasteiger partial charge in [0.1, 0.15) is 11.5 Å². The lowest BCUT2D eigenvalue weighted by Crippen LogP contribution is -2.32. The van der Waals surface area contributed by atoms with Gasteiger partial charge in [0.25, 0.3) is 0 Å². The van der Waals surface area contributed by atoms with Crippen molar-refractivity contribution >= 4 is 11.8 Å². The van der Waals surface area contributed by atoms with Crippen molar-refractivity contribution < 1.29 is 14.4 Å². The van der Waals surface area contributed by atoms with Gasteiger partial charge in [0, 0.05) is 25.5 Å². The molecule has 1 saturated carbocycles. The number of rotatable bonds is 4. The lowest BCUT2D eigenvalue weighted by molar-refractivity contribution is 0.0690. The van der Waals surface area contributed by atoms with Gasteiger partial charge >= 0.3 is 5.97 Å². The fourth-order valence-corrected chi connectivity index (χ4v) is 4.48. The van der Waals surface area contributed by atoms with Gasteiger partial charge < -0.3 is 14.5 Å². The van der Waals surface area contributed by atoms with E-state index < -0.39 is 5.97 Å². The van der Waals surface area contributed by atoms with Crippen LogP contribution < -0.4 is 4.90 Å². The molecule has 1 aliphatic heterocycles. The Bertz CT molecular complexity index is 1020. The second-order valence-corrected chi connectivity index (χ2v) is 7.33. The van der Waals surface area contributed by atoms with E-state index in [2.05, 4.69) is 30.0 Å². The quantitative estimate of drug-likeness (QED) is 0.728. The second kappa shape index (κ2) is 6.36. The molecule has 0 aromatic carbocycles. The molecular formula is C19H18N6O3. The summed E-state index contributed by atoms with van der Waals surface area (Å²) in [6.45, 7) is 1.47. The Morgan fingerprint density at radius 2 is 2.21 bits per heavy atom. The fourth-order valence-electron chi connectivity index (χ4n) is 4.48. The molecule has 28 heavy (non-hydrogen) atoms. The van der Waals surface area contributed by atoms with E-state index in [4.69, 9.17) is 4.52 Å². The lowest BCUT2D eigenvalue weighted by Gasteiger charge is -2.24. The summed E-state index contributed by atoms with van der Waals surface area (Å²) in [4.78, 5) is 30.6. The highest BCUT2D eigenvalue weighted by Crippen LogP contribution is 2.50. The molecule has 4 heterocycles. The number of aromatic carboxylic acids is 1. The lowest BCUT2D eigenvalue weighted by atomic mass is 9.80. The Hall–Kier alpha value is -3.36. The first kappa shape index (κ1) is 16.8. The maximum absolute atomic E-state index is 11.3. The van der Waals surface area contributed by atoms with Crippen LogP contribution in [0.25, 0.3) is 11.5 Å². The smallest absolute Gasteiger partial charge is 0.354 e. The van der Waals surface area contributed by atoms with Crippen LogP contribution in [0.3, 0.4) is 0 Å². The van der Waals surface area contributed by atoms with Gasteiger partial charge in [-0.3, -0.25) is 4.98 Å². The predicted molar refractivity (Wildman–Crippen MR) is 97.8 cm³/mol. The zero-order valence-corrected chi connectivity index (χ0v) is 15.0. The highest BCUT2D eigenvalue weighted by atomic mass is 16.5. The van der Waals surface area contributed by atoms with Crippen molar-refractivity contribution in [3.8, 4) is 11.5 Å². The molecule has 2 aliphatic rings. The van der Waals surface area contributed by atoms with E-state index in [1.165, 1.54) is 6.07 Å². The fraction of sp³-hybridized carbons (Fsp3) is 0.368. The number of aromatic nitrogens is 5. The average molecular weight is 378 g/mol. The van der Waals surface area contributed by atoms with Crippen LogP contribution in [-0.4, -0.2) is 49.3 Å². The normalized spacial score (nSPS) is 23.7. The molecule has 0 amide bonds. The third-order valence-electron chi connectivity index (χ3n) is 5.79. The molecule has 3 aromatic rings. The van der Waals surface area contributed by atoms with Gasteiger partial charge in [0.05, 0.1) is 11.6 Å². The van der Waals surface area contributed by atoms with E-state index in [9.17, 15) is 9.90 Å². The Morgan fingerprint density at radius 1 is 1.29 bits per heavy atom. The predicted octanol–water partition coefficient (Wildman–Crippen LogP) is 2.18. The van der Waals surface area contributed by atoms with E-state index in [0.717, 1.165) is 25.8 Å². The maximum atomic E-state index is 11.3. The van der Waals surface area contributed by atoms with Crippen LogP contribution in [0.5, 0.6) is 0 Å². The van der Waals surface area contributed by atoms with Crippen LogP contribution in [0.15, 0.2) is 41.3 Å². The van der Waals surface area contributed by atoms with Crippen molar-refractivity contribution in [3.05, 3.63) is 48.4 Å². The van der Waals surface area contributed by atoms with Gasteiger partial charge in [-0.05, 0) is 30.9 Å². The second-order valence-electron chi connectivity index (χ2n) is 7.33. The van der Waals surface area contributed by atoms with Gasteiger partial charge in [0.15, 0.2) is 5.69 Å². The molecule has 0 radical (unpaired) electrons. The third kappa shape index (κ3) is 2.62. The molecule has 1 saturated heterocycles. The molecule has 3 aromatic heterocycles. The zero-order chi connectivity index (χ0) is 19.1. The topological polar surface area (TPSA) is 118 Å². The number of hydrogen-bond donors (Lipinski definition) is 1. The van der Waals surface area contributed by atoms with Crippen molar-refractivity contribution in [1.29, 1.82) is 0 Å². The Morgan fingerprint density at radius 3 is 3.04 bits per heavy atom. The van der Waals surface area contributed by atoms with E-state index in [-0.39, 0.29) is 11.1 Å². The minimum absolute atomic E-state index is 0.0475.